The summed E-state index contributed by atoms with van der Waals surface area (Å²) in [4.78, 5) is 2.08. The highest BCUT2D eigenvalue weighted by Crippen LogP contribution is 2.19. The van der Waals surface area contributed by atoms with Crippen LogP contribution in [-0.4, -0.2) is 14.1 Å². The van der Waals surface area contributed by atoms with Crippen LogP contribution in [0.2, 0.25) is 0 Å². The average molecular weight is 305 g/mol. The van der Waals surface area contributed by atoms with Gasteiger partial charge in [0.25, 0.3) is 0 Å². The van der Waals surface area contributed by atoms with Crippen molar-refractivity contribution in [1.82, 2.24) is 0 Å². The number of hydrogen-bond donors (Lipinski definition) is 0. The molecule has 0 N–H and O–H groups in total. The largest absolute Gasteiger partial charge is 0.378 e. The van der Waals surface area contributed by atoms with Crippen molar-refractivity contribution in [3.8, 4) is 0 Å². The highest BCUT2D eigenvalue weighted by atomic mass is 79.9. The van der Waals surface area contributed by atoms with Gasteiger partial charge in [-0.1, -0.05) is 12.1 Å². The lowest BCUT2D eigenvalue weighted by atomic mass is 10.2. The summed E-state index contributed by atoms with van der Waals surface area (Å²) in [5.41, 5.74) is 2.39. The lowest BCUT2D eigenvalue weighted by Crippen LogP contribution is -2.07. The lowest BCUT2D eigenvalue weighted by Gasteiger charge is -2.11. The summed E-state index contributed by atoms with van der Waals surface area (Å²) in [6.07, 6.45) is 2.01. The molecule has 13 heavy (non-hydrogen) atoms. The first kappa shape index (κ1) is 10.8. The fraction of sp³-hybridized carbons (Fsp3) is 0.200. The molecule has 1 rings (SSSR count). The summed E-state index contributed by atoms with van der Waals surface area (Å²) in [6.45, 7) is 0. The number of halogens is 2. The molecule has 3 heteroatoms. The van der Waals surface area contributed by atoms with Crippen LogP contribution in [-0.2, 0) is 0 Å². The van der Waals surface area contributed by atoms with Crippen LogP contribution < -0.4 is 4.90 Å². The Morgan fingerprint density at radius 1 is 1.15 bits per heavy atom. The number of rotatable bonds is 2. The molecule has 1 aromatic carbocycles. The highest BCUT2D eigenvalue weighted by molar-refractivity contribution is 9.28. The first-order valence-corrected chi connectivity index (χ1v) is 5.48. The molecule has 0 spiro atoms. The molecule has 0 aliphatic heterocycles. The third-order valence-electron chi connectivity index (χ3n) is 1.69. The first-order valence-electron chi connectivity index (χ1n) is 3.89. The molecular weight excluding hydrogens is 294 g/mol. The smallest absolute Gasteiger partial charge is 0.0610 e. The summed E-state index contributed by atoms with van der Waals surface area (Å²) >= 11 is 6.65. The Labute approximate surface area is 95.7 Å². The summed E-state index contributed by atoms with van der Waals surface area (Å²) in [5.74, 6) is 0. The molecule has 1 aromatic rings. The molecule has 0 unspecified atom stereocenters. The molecule has 0 fully saturated rings. The minimum atomic E-state index is 0.956. The van der Waals surface area contributed by atoms with Gasteiger partial charge in [0.2, 0.25) is 0 Å². The second-order valence-corrected chi connectivity index (χ2v) is 5.69. The molecule has 0 aliphatic rings. The van der Waals surface area contributed by atoms with E-state index in [2.05, 4.69) is 61.0 Å². The third-order valence-corrected chi connectivity index (χ3v) is 2.14. The van der Waals surface area contributed by atoms with Crippen LogP contribution in [0.4, 0.5) is 5.69 Å². The Morgan fingerprint density at radius 2 is 1.69 bits per heavy atom. The Morgan fingerprint density at radius 3 is 2.08 bits per heavy atom. The highest BCUT2D eigenvalue weighted by Gasteiger charge is 1.93. The van der Waals surface area contributed by atoms with E-state index in [1.165, 1.54) is 11.3 Å². The van der Waals surface area contributed by atoms with Gasteiger partial charge in [-0.15, -0.1) is 0 Å². The molecule has 0 amide bonds. The van der Waals surface area contributed by atoms with E-state index in [4.69, 9.17) is 0 Å². The van der Waals surface area contributed by atoms with Crippen LogP contribution in [0.25, 0.3) is 6.08 Å². The molecule has 0 saturated heterocycles. The van der Waals surface area contributed by atoms with Crippen molar-refractivity contribution in [2.24, 2.45) is 0 Å². The van der Waals surface area contributed by atoms with Crippen molar-refractivity contribution < 1.29 is 0 Å². The summed E-state index contributed by atoms with van der Waals surface area (Å²) < 4.78 is 0.956. The maximum atomic E-state index is 3.33. The van der Waals surface area contributed by atoms with E-state index in [-0.39, 0.29) is 0 Å². The van der Waals surface area contributed by atoms with Crippen LogP contribution in [0.15, 0.2) is 27.7 Å². The monoisotopic (exact) mass is 303 g/mol. The van der Waals surface area contributed by atoms with Gasteiger partial charge in [-0.2, -0.15) is 0 Å². The standard InChI is InChI=1S/C10H11Br2N/c1-13(2)9-5-3-8(4-6-9)7-10(11)12/h3-7H,1-2H3. The van der Waals surface area contributed by atoms with Crippen LogP contribution in [0, 0.1) is 0 Å². The van der Waals surface area contributed by atoms with E-state index in [0.29, 0.717) is 0 Å². The van der Waals surface area contributed by atoms with Gasteiger partial charge in [-0.05, 0) is 55.6 Å². The van der Waals surface area contributed by atoms with Crippen molar-refractivity contribution in [2.75, 3.05) is 19.0 Å². The molecule has 0 radical (unpaired) electrons. The Hall–Kier alpha value is -0.280. The zero-order chi connectivity index (χ0) is 9.84. The quantitative estimate of drug-likeness (QED) is 0.802. The molecule has 0 bridgehead atoms. The van der Waals surface area contributed by atoms with E-state index < -0.39 is 0 Å². The van der Waals surface area contributed by atoms with Crippen LogP contribution in [0.1, 0.15) is 5.56 Å². The van der Waals surface area contributed by atoms with Crippen molar-refractivity contribution in [2.45, 2.75) is 0 Å². The maximum Gasteiger partial charge on any atom is 0.0610 e. The summed E-state index contributed by atoms with van der Waals surface area (Å²) in [5, 5.41) is 0. The SMILES string of the molecule is CN(C)c1ccc(C=C(Br)Br)cc1. The number of hydrogen-bond acceptors (Lipinski definition) is 1. The second-order valence-electron chi connectivity index (χ2n) is 2.92. The van der Waals surface area contributed by atoms with E-state index >= 15 is 0 Å². The number of anilines is 1. The van der Waals surface area contributed by atoms with Crippen molar-refractivity contribution in [1.29, 1.82) is 0 Å². The number of benzene rings is 1. The van der Waals surface area contributed by atoms with Crippen molar-refractivity contribution in [3.05, 3.63) is 33.2 Å². The Bertz CT molecular complexity index is 297. The Kier molecular flexibility index (Phi) is 4.00. The molecule has 0 saturated carbocycles. The summed E-state index contributed by atoms with van der Waals surface area (Å²) in [6, 6.07) is 8.35. The topological polar surface area (TPSA) is 3.24 Å². The predicted molar refractivity (Wildman–Crippen MR) is 66.6 cm³/mol. The molecule has 70 valence electrons. The third kappa shape index (κ3) is 3.53. The lowest BCUT2D eigenvalue weighted by molar-refractivity contribution is 1.13. The summed E-state index contributed by atoms with van der Waals surface area (Å²) in [7, 11) is 4.07. The van der Waals surface area contributed by atoms with E-state index in [1.54, 1.807) is 0 Å². The Balaban J connectivity index is 2.88. The van der Waals surface area contributed by atoms with Gasteiger partial charge in [0.05, 0.1) is 3.39 Å². The van der Waals surface area contributed by atoms with Crippen molar-refractivity contribution >= 4 is 43.6 Å². The minimum Gasteiger partial charge on any atom is -0.378 e. The maximum absolute atomic E-state index is 3.33. The zero-order valence-corrected chi connectivity index (χ0v) is 10.8. The van der Waals surface area contributed by atoms with Gasteiger partial charge in [0, 0.05) is 19.8 Å². The van der Waals surface area contributed by atoms with Gasteiger partial charge in [-0.3, -0.25) is 0 Å². The first-order chi connectivity index (χ1) is 6.09. The average Bonchev–Trinajstić information content (AvgIpc) is 2.04. The fourth-order valence-corrected chi connectivity index (χ4v) is 1.52. The van der Waals surface area contributed by atoms with Gasteiger partial charge in [-0.25, -0.2) is 0 Å². The van der Waals surface area contributed by atoms with Crippen LogP contribution in [0.3, 0.4) is 0 Å². The van der Waals surface area contributed by atoms with Crippen molar-refractivity contribution in [3.63, 3.8) is 0 Å². The van der Waals surface area contributed by atoms with Crippen LogP contribution >= 0.6 is 31.9 Å². The van der Waals surface area contributed by atoms with E-state index in [9.17, 15) is 0 Å². The number of nitrogens with zero attached hydrogens (tertiary/aromatic N) is 1. The normalized spacial score (nSPS) is 9.54. The van der Waals surface area contributed by atoms with Gasteiger partial charge >= 0.3 is 0 Å². The van der Waals surface area contributed by atoms with Gasteiger partial charge in [0.1, 0.15) is 0 Å². The molecule has 0 atom stereocenters. The van der Waals surface area contributed by atoms with E-state index in [1.807, 2.05) is 20.2 Å². The van der Waals surface area contributed by atoms with Gasteiger partial charge < -0.3 is 4.90 Å². The molecule has 0 aromatic heterocycles. The van der Waals surface area contributed by atoms with Crippen LogP contribution in [0.5, 0.6) is 0 Å². The minimum absolute atomic E-state index is 0.956. The van der Waals surface area contributed by atoms with Gasteiger partial charge in [0.15, 0.2) is 0 Å². The zero-order valence-electron chi connectivity index (χ0n) is 7.59. The molecule has 0 heterocycles. The molecule has 0 aliphatic carbocycles. The predicted octanol–water partition coefficient (Wildman–Crippen LogP) is 3.84. The molecular formula is C10H11Br2N. The second kappa shape index (κ2) is 4.82. The molecule has 1 nitrogen and oxygen atoms in total. The van der Waals surface area contributed by atoms with E-state index in [0.717, 1.165) is 3.39 Å². The fourth-order valence-electron chi connectivity index (χ4n) is 0.995.